The summed E-state index contributed by atoms with van der Waals surface area (Å²) < 4.78 is 22.2. The number of rotatable bonds is 4. The number of fused-ring (bicyclic) bond motifs is 2. The van der Waals surface area contributed by atoms with Gasteiger partial charge in [0.1, 0.15) is 5.75 Å². The molecule has 0 unspecified atom stereocenters. The molecule has 0 fully saturated rings. The van der Waals surface area contributed by atoms with Crippen LogP contribution in [0.25, 0.3) is 0 Å². The van der Waals surface area contributed by atoms with Crippen molar-refractivity contribution >= 4 is 17.7 Å². The van der Waals surface area contributed by atoms with E-state index in [2.05, 4.69) is 12.2 Å². The lowest BCUT2D eigenvalue weighted by atomic mass is 9.88. The minimum Gasteiger partial charge on any atom is -0.497 e. The van der Waals surface area contributed by atoms with E-state index in [-0.39, 0.29) is 17.7 Å². The first-order chi connectivity index (χ1) is 17.6. The number of hydrogen-bond acceptors (Lipinski definition) is 7. The van der Waals surface area contributed by atoms with Gasteiger partial charge in [-0.2, -0.15) is 0 Å². The highest BCUT2D eigenvalue weighted by molar-refractivity contribution is 5.99. The van der Waals surface area contributed by atoms with Gasteiger partial charge in [-0.05, 0) is 67.9 Å². The summed E-state index contributed by atoms with van der Waals surface area (Å²) in [6.45, 7) is 5.80. The van der Waals surface area contributed by atoms with Crippen molar-refractivity contribution in [2.45, 2.75) is 70.9 Å². The van der Waals surface area contributed by atoms with Crippen LogP contribution in [0.3, 0.4) is 0 Å². The van der Waals surface area contributed by atoms with E-state index in [1.54, 1.807) is 26.4 Å². The number of aliphatic hydroxyl groups excluding tert-OH is 1. The molecule has 1 aliphatic heterocycles. The third-order valence-electron chi connectivity index (χ3n) is 6.66. The molecule has 2 rings (SSSR count). The largest absolute Gasteiger partial charge is 0.497 e. The molecular weight excluding hydrogens is 476 g/mol. The number of carbonyl (C=O) groups excluding carboxylic acids is 2. The Hall–Kier alpha value is -2.88. The van der Waals surface area contributed by atoms with Crippen molar-refractivity contribution in [2.75, 3.05) is 26.6 Å². The molecule has 37 heavy (non-hydrogen) atoms. The van der Waals surface area contributed by atoms with Crippen LogP contribution in [0.2, 0.25) is 0 Å². The van der Waals surface area contributed by atoms with Crippen molar-refractivity contribution in [1.29, 1.82) is 0 Å². The number of nitrogens with two attached hydrogens (primary N) is 1. The molecule has 2 bridgehead atoms. The standard InChI is InChI=1S/C28H42N2O7/c1-17-11-20-14-21(16-22(15-20)34-4)30-25(31)10-8-7-9-23(35-5)27(37-28(29)33)19(3)13-18(2)26(32)24(12-17)36-6/h8,10,13-18,23-24,26-27,32H,7,9,11-12H2,1-6H3,(H2,29,33)(H,30,31)/b10-8+,19-13+/t17-,18+,23+,24-,26-,27+/m1/s1. The highest BCUT2D eigenvalue weighted by Gasteiger charge is 2.29. The maximum absolute atomic E-state index is 12.5. The molecule has 2 amide bonds. The fourth-order valence-corrected chi connectivity index (χ4v) is 4.79. The van der Waals surface area contributed by atoms with Crippen molar-refractivity contribution < 1.29 is 33.6 Å². The highest BCUT2D eigenvalue weighted by atomic mass is 16.6. The number of hydrogen-bond donors (Lipinski definition) is 3. The van der Waals surface area contributed by atoms with Crippen LogP contribution in [0.15, 0.2) is 42.0 Å². The first-order valence-corrected chi connectivity index (χ1v) is 12.6. The van der Waals surface area contributed by atoms with Gasteiger partial charge in [0.15, 0.2) is 6.10 Å². The van der Waals surface area contributed by atoms with Crippen LogP contribution in [0.4, 0.5) is 10.5 Å². The number of nitrogens with one attached hydrogen (secondary N) is 1. The third-order valence-corrected chi connectivity index (χ3v) is 6.66. The number of methoxy groups -OCH3 is 3. The molecule has 0 aliphatic carbocycles. The Morgan fingerprint density at radius 3 is 2.43 bits per heavy atom. The second-order valence-corrected chi connectivity index (χ2v) is 9.75. The van der Waals surface area contributed by atoms with Crippen molar-refractivity contribution in [3.8, 4) is 5.75 Å². The Morgan fingerprint density at radius 2 is 1.81 bits per heavy atom. The van der Waals surface area contributed by atoms with Crippen LogP contribution >= 0.6 is 0 Å². The van der Waals surface area contributed by atoms with Gasteiger partial charge in [0.2, 0.25) is 5.91 Å². The molecule has 0 saturated heterocycles. The van der Waals surface area contributed by atoms with Crippen molar-refractivity contribution in [3.63, 3.8) is 0 Å². The van der Waals surface area contributed by atoms with Crippen LogP contribution in [0.5, 0.6) is 5.75 Å². The Balaban J connectivity index is 2.43. The molecule has 0 saturated carbocycles. The van der Waals surface area contributed by atoms with E-state index in [0.29, 0.717) is 42.7 Å². The monoisotopic (exact) mass is 518 g/mol. The van der Waals surface area contributed by atoms with E-state index >= 15 is 0 Å². The molecule has 9 nitrogen and oxygen atoms in total. The van der Waals surface area contributed by atoms with E-state index in [0.717, 1.165) is 5.56 Å². The zero-order chi connectivity index (χ0) is 27.5. The van der Waals surface area contributed by atoms with Crippen LogP contribution in [0.1, 0.15) is 45.6 Å². The fraction of sp³-hybridized carbons (Fsp3) is 0.571. The van der Waals surface area contributed by atoms with Gasteiger partial charge in [0.25, 0.3) is 0 Å². The van der Waals surface area contributed by atoms with Crippen LogP contribution in [-0.2, 0) is 25.4 Å². The Bertz CT molecular complexity index is 962. The maximum atomic E-state index is 12.5. The van der Waals surface area contributed by atoms with Gasteiger partial charge in [-0.3, -0.25) is 4.79 Å². The van der Waals surface area contributed by atoms with Crippen molar-refractivity contribution in [2.24, 2.45) is 17.6 Å². The first-order valence-electron chi connectivity index (χ1n) is 12.6. The predicted molar refractivity (Wildman–Crippen MR) is 142 cm³/mol. The third kappa shape index (κ3) is 9.50. The summed E-state index contributed by atoms with van der Waals surface area (Å²) >= 11 is 0. The van der Waals surface area contributed by atoms with Gasteiger partial charge in [-0.1, -0.05) is 26.0 Å². The second-order valence-electron chi connectivity index (χ2n) is 9.75. The number of anilines is 1. The molecule has 1 heterocycles. The first kappa shape index (κ1) is 30.3. The van der Waals surface area contributed by atoms with E-state index < -0.39 is 30.5 Å². The van der Waals surface area contributed by atoms with Crippen LogP contribution < -0.4 is 15.8 Å². The molecular formula is C28H42N2O7. The van der Waals surface area contributed by atoms with Gasteiger partial charge in [0.05, 0.1) is 25.4 Å². The van der Waals surface area contributed by atoms with Crippen LogP contribution in [-0.4, -0.2) is 62.9 Å². The number of amides is 2. The molecule has 0 radical (unpaired) electrons. The molecule has 206 valence electrons. The van der Waals surface area contributed by atoms with Crippen molar-refractivity contribution in [3.05, 3.63) is 47.6 Å². The summed E-state index contributed by atoms with van der Waals surface area (Å²) in [5, 5.41) is 14.0. The van der Waals surface area contributed by atoms with Gasteiger partial charge in [0, 0.05) is 31.9 Å². The quantitative estimate of drug-likeness (QED) is 0.514. The summed E-state index contributed by atoms with van der Waals surface area (Å²) in [5.74, 6) is 0.256. The average Bonchev–Trinajstić information content (AvgIpc) is 2.84. The number of benzene rings is 1. The number of aliphatic hydroxyl groups is 1. The van der Waals surface area contributed by atoms with E-state index in [4.69, 9.17) is 24.7 Å². The molecule has 0 aromatic heterocycles. The lowest BCUT2D eigenvalue weighted by molar-refractivity contribution is -0.111. The SMILES string of the molecule is COc1cc2cc(c1)NC(=O)/C=C/CC[C@H](OC)[C@@H](OC(N)=O)/C(C)=C/[C@H](C)[C@@H](O)[C@H](OC)C[C@H](C)C2. The van der Waals surface area contributed by atoms with Gasteiger partial charge < -0.3 is 35.1 Å². The molecule has 0 spiro atoms. The molecule has 6 atom stereocenters. The van der Waals surface area contributed by atoms with E-state index in [1.807, 2.05) is 32.1 Å². The normalized spacial score (nSPS) is 30.5. The summed E-state index contributed by atoms with van der Waals surface area (Å²) in [4.78, 5) is 24.2. The summed E-state index contributed by atoms with van der Waals surface area (Å²) in [7, 11) is 4.71. The number of allylic oxidation sites excluding steroid dienone is 1. The van der Waals surface area contributed by atoms with Gasteiger partial charge in [-0.25, -0.2) is 4.79 Å². The smallest absolute Gasteiger partial charge is 0.405 e. The fourth-order valence-electron chi connectivity index (χ4n) is 4.79. The van der Waals surface area contributed by atoms with Crippen LogP contribution in [0, 0.1) is 11.8 Å². The number of ether oxygens (including phenoxy) is 4. The topological polar surface area (TPSA) is 129 Å². The Labute approximate surface area is 220 Å². The predicted octanol–water partition coefficient (Wildman–Crippen LogP) is 3.99. The lowest BCUT2D eigenvalue weighted by Gasteiger charge is -2.30. The van der Waals surface area contributed by atoms with Gasteiger partial charge >= 0.3 is 6.09 Å². The summed E-state index contributed by atoms with van der Waals surface area (Å²) in [5.41, 5.74) is 7.70. The van der Waals surface area contributed by atoms with E-state index in [9.17, 15) is 14.7 Å². The zero-order valence-electron chi connectivity index (χ0n) is 22.7. The van der Waals surface area contributed by atoms with Crippen molar-refractivity contribution in [1.82, 2.24) is 0 Å². The average molecular weight is 519 g/mol. The Kier molecular flexibility index (Phi) is 12.1. The Morgan fingerprint density at radius 1 is 1.11 bits per heavy atom. The minimum absolute atomic E-state index is 0.165. The minimum atomic E-state index is -0.915. The lowest BCUT2D eigenvalue weighted by Crippen LogP contribution is -2.37. The maximum Gasteiger partial charge on any atom is 0.405 e. The number of primary amides is 1. The molecule has 1 aromatic rings. The second kappa shape index (κ2) is 14.8. The highest BCUT2D eigenvalue weighted by Crippen LogP contribution is 2.27. The molecule has 1 aliphatic rings. The molecule has 4 N–H and O–H groups in total. The summed E-state index contributed by atoms with van der Waals surface area (Å²) in [6, 6.07) is 5.65. The molecule has 9 heteroatoms. The zero-order valence-corrected chi connectivity index (χ0v) is 22.7. The summed E-state index contributed by atoms with van der Waals surface area (Å²) in [6.07, 6.45) is 4.01. The molecule has 1 aromatic carbocycles. The number of carbonyl (C=O) groups is 2. The van der Waals surface area contributed by atoms with Gasteiger partial charge in [-0.15, -0.1) is 0 Å². The van der Waals surface area contributed by atoms with E-state index in [1.165, 1.54) is 13.2 Å².